The molecule has 0 bridgehead atoms. The second-order valence-electron chi connectivity index (χ2n) is 4.94. The zero-order chi connectivity index (χ0) is 17.0. The molecule has 1 aromatic rings. The van der Waals surface area contributed by atoms with Gasteiger partial charge in [-0.15, -0.1) is 6.58 Å². The number of rotatable bonds is 4. The molecule has 0 radical (unpaired) electrons. The first-order chi connectivity index (χ1) is 10.9. The molecule has 0 unspecified atom stereocenters. The number of nitrogens with zero attached hydrogens (tertiary/aromatic N) is 2. The van der Waals surface area contributed by atoms with E-state index < -0.39 is 26.6 Å². The third-order valence-electron chi connectivity index (χ3n) is 3.43. The van der Waals surface area contributed by atoms with Crippen molar-refractivity contribution in [3.05, 3.63) is 42.5 Å². The van der Waals surface area contributed by atoms with Gasteiger partial charge < -0.3 is 10.2 Å². The van der Waals surface area contributed by atoms with Crippen LogP contribution in [0.2, 0.25) is 0 Å². The molecule has 1 aromatic carbocycles. The number of piperazine rings is 1. The van der Waals surface area contributed by atoms with Crippen LogP contribution in [-0.4, -0.2) is 56.4 Å². The molecule has 1 fully saturated rings. The van der Waals surface area contributed by atoms with Crippen LogP contribution in [0.1, 0.15) is 0 Å². The van der Waals surface area contributed by atoms with Crippen LogP contribution in [0.4, 0.5) is 13.6 Å². The molecular formula is C14H17F2N3O3S. The van der Waals surface area contributed by atoms with Crippen LogP contribution in [0.25, 0.3) is 0 Å². The van der Waals surface area contributed by atoms with Gasteiger partial charge >= 0.3 is 6.03 Å². The Labute approximate surface area is 133 Å². The summed E-state index contributed by atoms with van der Waals surface area (Å²) in [7, 11) is -4.14. The van der Waals surface area contributed by atoms with Crippen molar-refractivity contribution < 1.29 is 22.0 Å². The standard InChI is InChI=1S/C14H17F2N3O3S/c1-2-5-17-14(20)18-6-8-19(9-7-18)23(21,22)13-10-11(15)3-4-12(13)16/h2-4,10H,1,5-9H2,(H,17,20). The third-order valence-corrected chi connectivity index (χ3v) is 5.35. The van der Waals surface area contributed by atoms with E-state index in [1.165, 1.54) is 11.0 Å². The van der Waals surface area contributed by atoms with Crippen molar-refractivity contribution in [2.75, 3.05) is 32.7 Å². The molecule has 1 aliphatic rings. The summed E-state index contributed by atoms with van der Waals surface area (Å²) in [5, 5.41) is 2.60. The minimum Gasteiger partial charge on any atom is -0.335 e. The summed E-state index contributed by atoms with van der Waals surface area (Å²) in [6.45, 7) is 4.15. The van der Waals surface area contributed by atoms with E-state index in [2.05, 4.69) is 11.9 Å². The Bertz CT molecular complexity index is 701. The summed E-state index contributed by atoms with van der Waals surface area (Å²) in [5.41, 5.74) is 0. The second-order valence-corrected chi connectivity index (χ2v) is 6.85. The lowest BCUT2D eigenvalue weighted by Crippen LogP contribution is -2.53. The molecule has 1 aliphatic heterocycles. The third kappa shape index (κ3) is 3.85. The molecule has 9 heteroatoms. The predicted octanol–water partition coefficient (Wildman–Crippen LogP) is 1.17. The zero-order valence-electron chi connectivity index (χ0n) is 12.3. The van der Waals surface area contributed by atoms with Crippen molar-refractivity contribution in [3.8, 4) is 0 Å². The van der Waals surface area contributed by atoms with Crippen molar-refractivity contribution >= 4 is 16.1 Å². The Balaban J connectivity index is 2.08. The molecule has 2 rings (SSSR count). The first kappa shape index (κ1) is 17.4. The smallest absolute Gasteiger partial charge is 0.317 e. The fraction of sp³-hybridized carbons (Fsp3) is 0.357. The van der Waals surface area contributed by atoms with Gasteiger partial charge in [0.05, 0.1) is 0 Å². The number of urea groups is 1. The Kier molecular flexibility index (Phi) is 5.32. The Morgan fingerprint density at radius 2 is 1.91 bits per heavy atom. The van der Waals surface area contributed by atoms with Gasteiger partial charge in [-0.2, -0.15) is 4.31 Å². The van der Waals surface area contributed by atoms with E-state index in [0.717, 1.165) is 16.4 Å². The van der Waals surface area contributed by atoms with Gasteiger partial charge in [0.15, 0.2) is 0 Å². The highest BCUT2D eigenvalue weighted by molar-refractivity contribution is 7.89. The monoisotopic (exact) mass is 345 g/mol. The van der Waals surface area contributed by atoms with E-state index in [4.69, 9.17) is 0 Å². The molecule has 1 heterocycles. The van der Waals surface area contributed by atoms with Crippen molar-refractivity contribution in [1.82, 2.24) is 14.5 Å². The maximum absolute atomic E-state index is 13.7. The van der Waals surface area contributed by atoms with Crippen molar-refractivity contribution in [2.24, 2.45) is 0 Å². The lowest BCUT2D eigenvalue weighted by Gasteiger charge is -2.33. The normalized spacial score (nSPS) is 16.2. The molecule has 6 nitrogen and oxygen atoms in total. The molecule has 126 valence electrons. The van der Waals surface area contributed by atoms with E-state index in [1.807, 2.05) is 0 Å². The highest BCUT2D eigenvalue weighted by Gasteiger charge is 2.32. The lowest BCUT2D eigenvalue weighted by molar-refractivity contribution is 0.173. The quantitative estimate of drug-likeness (QED) is 0.833. The number of hydrogen-bond donors (Lipinski definition) is 1. The molecule has 2 amide bonds. The van der Waals surface area contributed by atoms with Crippen LogP contribution < -0.4 is 5.32 Å². The summed E-state index contributed by atoms with van der Waals surface area (Å²) in [4.78, 5) is 12.5. The average molecular weight is 345 g/mol. The van der Waals surface area contributed by atoms with Gasteiger partial charge in [0.2, 0.25) is 10.0 Å². The fourth-order valence-electron chi connectivity index (χ4n) is 2.22. The number of carbonyl (C=O) groups is 1. The van der Waals surface area contributed by atoms with Gasteiger partial charge in [0, 0.05) is 32.7 Å². The average Bonchev–Trinajstić information content (AvgIpc) is 2.54. The van der Waals surface area contributed by atoms with Crippen molar-refractivity contribution in [3.63, 3.8) is 0 Å². The van der Waals surface area contributed by atoms with Gasteiger partial charge in [-0.25, -0.2) is 22.0 Å². The summed E-state index contributed by atoms with van der Waals surface area (Å²) >= 11 is 0. The molecule has 1 saturated heterocycles. The largest absolute Gasteiger partial charge is 0.335 e. The SMILES string of the molecule is C=CCNC(=O)N1CCN(S(=O)(=O)c2cc(F)ccc2F)CC1. The van der Waals surface area contributed by atoms with Crippen LogP contribution in [0, 0.1) is 11.6 Å². The molecule has 0 saturated carbocycles. The zero-order valence-corrected chi connectivity index (χ0v) is 13.2. The predicted molar refractivity (Wildman–Crippen MR) is 80.3 cm³/mol. The van der Waals surface area contributed by atoms with Gasteiger partial charge in [-0.1, -0.05) is 6.08 Å². The summed E-state index contributed by atoms with van der Waals surface area (Å²) < 4.78 is 52.8. The maximum atomic E-state index is 13.7. The molecule has 1 N–H and O–H groups in total. The number of sulfonamides is 1. The minimum atomic E-state index is -4.14. The first-order valence-electron chi connectivity index (χ1n) is 6.95. The number of benzene rings is 1. The number of halogens is 2. The van der Waals surface area contributed by atoms with Crippen LogP contribution in [-0.2, 0) is 10.0 Å². The van der Waals surface area contributed by atoms with Crippen molar-refractivity contribution in [2.45, 2.75) is 4.90 Å². The molecule has 0 spiro atoms. The van der Waals surface area contributed by atoms with Crippen molar-refractivity contribution in [1.29, 1.82) is 0 Å². The number of amides is 2. The first-order valence-corrected chi connectivity index (χ1v) is 8.39. The molecule has 0 aromatic heterocycles. The van der Waals surface area contributed by atoms with E-state index in [-0.39, 0.29) is 32.2 Å². The van der Waals surface area contributed by atoms with Crippen LogP contribution >= 0.6 is 0 Å². The Morgan fingerprint density at radius 1 is 1.26 bits per heavy atom. The minimum absolute atomic E-state index is 0.0137. The van der Waals surface area contributed by atoms with E-state index in [9.17, 15) is 22.0 Å². The van der Waals surface area contributed by atoms with Gasteiger partial charge in [-0.3, -0.25) is 0 Å². The lowest BCUT2D eigenvalue weighted by atomic mass is 10.3. The number of carbonyl (C=O) groups excluding carboxylic acids is 1. The van der Waals surface area contributed by atoms with E-state index in [1.54, 1.807) is 0 Å². The van der Waals surface area contributed by atoms with Crippen LogP contribution in [0.5, 0.6) is 0 Å². The molecule has 0 aliphatic carbocycles. The Hall–Kier alpha value is -2.00. The highest BCUT2D eigenvalue weighted by Crippen LogP contribution is 2.21. The van der Waals surface area contributed by atoms with Crippen LogP contribution in [0.15, 0.2) is 35.7 Å². The van der Waals surface area contributed by atoms with E-state index in [0.29, 0.717) is 12.6 Å². The van der Waals surface area contributed by atoms with Gasteiger partial charge in [-0.05, 0) is 18.2 Å². The van der Waals surface area contributed by atoms with Gasteiger partial charge in [0.25, 0.3) is 0 Å². The number of hydrogen-bond acceptors (Lipinski definition) is 3. The fourth-order valence-corrected chi connectivity index (χ4v) is 3.71. The van der Waals surface area contributed by atoms with Crippen LogP contribution in [0.3, 0.4) is 0 Å². The second kappa shape index (κ2) is 7.05. The maximum Gasteiger partial charge on any atom is 0.317 e. The van der Waals surface area contributed by atoms with Gasteiger partial charge in [0.1, 0.15) is 16.5 Å². The molecule has 23 heavy (non-hydrogen) atoms. The summed E-state index contributed by atoms with van der Waals surface area (Å²) in [6.07, 6.45) is 1.53. The summed E-state index contributed by atoms with van der Waals surface area (Å²) in [6, 6.07) is 1.98. The molecule has 0 atom stereocenters. The molecular weight excluding hydrogens is 328 g/mol. The highest BCUT2D eigenvalue weighted by atomic mass is 32.2. The Morgan fingerprint density at radius 3 is 2.52 bits per heavy atom. The van der Waals surface area contributed by atoms with E-state index >= 15 is 0 Å². The summed E-state index contributed by atoms with van der Waals surface area (Å²) in [5.74, 6) is -1.83. The topological polar surface area (TPSA) is 69.7 Å². The number of nitrogens with one attached hydrogen (secondary N) is 1.